The minimum Gasteiger partial charge on any atom is -0.497 e. The molecule has 1 atom stereocenters. The highest BCUT2D eigenvalue weighted by molar-refractivity contribution is 6.01. The zero-order valence-corrected chi connectivity index (χ0v) is 13.3. The maximum atomic E-state index is 12.6. The van der Waals surface area contributed by atoms with Crippen molar-refractivity contribution in [2.45, 2.75) is 18.9 Å². The molecule has 2 rings (SSSR count). The molecule has 1 aromatic rings. The first-order valence-electron chi connectivity index (χ1n) is 7.10. The van der Waals surface area contributed by atoms with E-state index in [0.717, 1.165) is 0 Å². The Balaban J connectivity index is 2.29. The van der Waals surface area contributed by atoms with Crippen LogP contribution in [0, 0.1) is 11.3 Å². The minimum atomic E-state index is -0.740. The molecule has 0 aliphatic carbocycles. The quantitative estimate of drug-likeness (QED) is 0.741. The van der Waals surface area contributed by atoms with Crippen molar-refractivity contribution in [3.8, 4) is 17.6 Å². The maximum Gasteiger partial charge on any atom is 0.305 e. The number of nitrogens with zero attached hydrogens (tertiary/aromatic N) is 2. The summed E-state index contributed by atoms with van der Waals surface area (Å²) in [4.78, 5) is 25.2. The number of hydrogen-bond donors (Lipinski definition) is 0. The largest absolute Gasteiger partial charge is 0.497 e. The fourth-order valence-corrected chi connectivity index (χ4v) is 2.64. The Morgan fingerprint density at radius 1 is 1.30 bits per heavy atom. The molecule has 0 aromatic heterocycles. The van der Waals surface area contributed by atoms with Crippen LogP contribution in [0.2, 0.25) is 0 Å². The molecule has 1 amide bonds. The van der Waals surface area contributed by atoms with Gasteiger partial charge < -0.3 is 19.1 Å². The highest BCUT2D eigenvalue weighted by Gasteiger charge is 2.39. The summed E-state index contributed by atoms with van der Waals surface area (Å²) in [5.74, 6) is 0.312. The molecule has 1 unspecified atom stereocenters. The molecule has 0 bridgehead atoms. The lowest BCUT2D eigenvalue weighted by Crippen LogP contribution is -2.29. The van der Waals surface area contributed by atoms with Gasteiger partial charge in [0.1, 0.15) is 17.5 Å². The second-order valence-electron chi connectivity index (χ2n) is 5.00. The van der Waals surface area contributed by atoms with Crippen LogP contribution in [0.15, 0.2) is 12.1 Å². The van der Waals surface area contributed by atoms with Crippen LogP contribution in [-0.2, 0) is 9.53 Å². The molecule has 7 nitrogen and oxygen atoms in total. The lowest BCUT2D eigenvalue weighted by atomic mass is 10.0. The molecule has 7 heteroatoms. The van der Waals surface area contributed by atoms with Gasteiger partial charge in [-0.2, -0.15) is 5.26 Å². The predicted molar refractivity (Wildman–Crippen MR) is 80.2 cm³/mol. The van der Waals surface area contributed by atoms with Crippen molar-refractivity contribution in [1.29, 1.82) is 5.26 Å². The fraction of sp³-hybridized carbons (Fsp3) is 0.438. The van der Waals surface area contributed by atoms with Crippen LogP contribution in [0.25, 0.3) is 0 Å². The summed E-state index contributed by atoms with van der Waals surface area (Å²) in [6.07, 6.45) is 0.610. The molecule has 0 N–H and O–H groups in total. The molecule has 122 valence electrons. The van der Waals surface area contributed by atoms with Crippen LogP contribution in [-0.4, -0.2) is 44.7 Å². The number of fused-ring (bicyclic) bond motifs is 1. The van der Waals surface area contributed by atoms with Gasteiger partial charge in [0, 0.05) is 24.6 Å². The molecule has 0 spiro atoms. The van der Waals surface area contributed by atoms with Crippen molar-refractivity contribution >= 4 is 11.9 Å². The predicted octanol–water partition coefficient (Wildman–Crippen LogP) is 1.68. The van der Waals surface area contributed by atoms with Crippen LogP contribution in [0.1, 0.15) is 34.8 Å². The maximum absolute atomic E-state index is 12.6. The Morgan fingerprint density at radius 2 is 2.04 bits per heavy atom. The standard InChI is InChI=1S/C16H18N2O5/c1-21-10-7-11-15(13(8-10)22-2)12(9-17)18(16(11)20)6-4-5-14(19)23-3/h7-8,12H,4-6H2,1-3H3. The zero-order chi connectivity index (χ0) is 17.0. The molecular formula is C16H18N2O5. The van der Waals surface area contributed by atoms with Crippen LogP contribution in [0.4, 0.5) is 0 Å². The molecule has 1 aliphatic heterocycles. The van der Waals surface area contributed by atoms with Gasteiger partial charge in [-0.3, -0.25) is 9.59 Å². The lowest BCUT2D eigenvalue weighted by molar-refractivity contribution is -0.140. The summed E-state index contributed by atoms with van der Waals surface area (Å²) in [6.45, 7) is 0.284. The summed E-state index contributed by atoms with van der Waals surface area (Å²) in [5, 5.41) is 9.48. The van der Waals surface area contributed by atoms with E-state index in [2.05, 4.69) is 10.8 Å². The molecular weight excluding hydrogens is 300 g/mol. The van der Waals surface area contributed by atoms with Gasteiger partial charge in [-0.1, -0.05) is 0 Å². The number of ether oxygens (including phenoxy) is 3. The van der Waals surface area contributed by atoms with Crippen LogP contribution >= 0.6 is 0 Å². The summed E-state index contributed by atoms with van der Waals surface area (Å²) in [7, 11) is 4.29. The number of amides is 1. The number of benzene rings is 1. The van der Waals surface area contributed by atoms with Crippen LogP contribution < -0.4 is 9.47 Å². The van der Waals surface area contributed by atoms with E-state index in [1.54, 1.807) is 12.1 Å². The van der Waals surface area contributed by atoms with Gasteiger partial charge in [-0.25, -0.2) is 0 Å². The molecule has 23 heavy (non-hydrogen) atoms. The van der Waals surface area contributed by atoms with E-state index in [1.165, 1.54) is 26.2 Å². The number of rotatable bonds is 6. The lowest BCUT2D eigenvalue weighted by Gasteiger charge is -2.20. The monoisotopic (exact) mass is 318 g/mol. The molecule has 0 fully saturated rings. The van der Waals surface area contributed by atoms with Gasteiger partial charge in [0.05, 0.1) is 33.0 Å². The molecule has 0 saturated carbocycles. The van der Waals surface area contributed by atoms with Crippen LogP contribution in [0.5, 0.6) is 11.5 Å². The Bertz CT molecular complexity index is 665. The highest BCUT2D eigenvalue weighted by atomic mass is 16.5. The molecule has 0 saturated heterocycles. The number of hydrogen-bond acceptors (Lipinski definition) is 6. The van der Waals surface area contributed by atoms with Crippen molar-refractivity contribution in [2.24, 2.45) is 0 Å². The van der Waals surface area contributed by atoms with E-state index in [4.69, 9.17) is 9.47 Å². The third-order valence-electron chi connectivity index (χ3n) is 3.78. The number of methoxy groups -OCH3 is 3. The third-order valence-corrected chi connectivity index (χ3v) is 3.78. The molecule has 0 radical (unpaired) electrons. The topological polar surface area (TPSA) is 88.9 Å². The number of carbonyl (C=O) groups excluding carboxylic acids is 2. The smallest absolute Gasteiger partial charge is 0.305 e. The normalized spacial score (nSPS) is 15.8. The first kappa shape index (κ1) is 16.6. The van der Waals surface area contributed by atoms with E-state index in [9.17, 15) is 14.9 Å². The average Bonchev–Trinajstić information content (AvgIpc) is 2.85. The Hall–Kier alpha value is -2.75. The summed E-state index contributed by atoms with van der Waals surface area (Å²) < 4.78 is 15.1. The summed E-state index contributed by atoms with van der Waals surface area (Å²) in [5.41, 5.74) is 0.935. The molecule has 1 aliphatic rings. The third kappa shape index (κ3) is 3.06. The van der Waals surface area contributed by atoms with Gasteiger partial charge in [-0.05, 0) is 12.5 Å². The van der Waals surface area contributed by atoms with Gasteiger partial charge in [-0.15, -0.1) is 0 Å². The van der Waals surface area contributed by atoms with E-state index < -0.39 is 6.04 Å². The molecule has 1 aromatic carbocycles. The summed E-state index contributed by atoms with van der Waals surface area (Å²) in [6, 6.07) is 4.64. The first-order valence-corrected chi connectivity index (χ1v) is 7.10. The second-order valence-corrected chi connectivity index (χ2v) is 5.00. The highest BCUT2D eigenvalue weighted by Crippen LogP contribution is 2.41. The van der Waals surface area contributed by atoms with E-state index in [0.29, 0.717) is 29.0 Å². The number of nitriles is 1. The second kappa shape index (κ2) is 7.01. The van der Waals surface area contributed by atoms with E-state index in [-0.39, 0.29) is 24.8 Å². The van der Waals surface area contributed by atoms with Crippen molar-refractivity contribution in [3.05, 3.63) is 23.3 Å². The Kier molecular flexibility index (Phi) is 5.06. The van der Waals surface area contributed by atoms with Crippen LogP contribution in [0.3, 0.4) is 0 Å². The minimum absolute atomic E-state index is 0.190. The van der Waals surface area contributed by atoms with Gasteiger partial charge >= 0.3 is 5.97 Å². The SMILES string of the molecule is COC(=O)CCCN1C(=O)c2cc(OC)cc(OC)c2C1C#N. The average molecular weight is 318 g/mol. The number of carbonyl (C=O) groups is 2. The Morgan fingerprint density at radius 3 is 2.61 bits per heavy atom. The van der Waals surface area contributed by atoms with E-state index >= 15 is 0 Å². The van der Waals surface area contributed by atoms with Crippen molar-refractivity contribution < 1.29 is 23.8 Å². The van der Waals surface area contributed by atoms with Gasteiger partial charge in [0.2, 0.25) is 0 Å². The van der Waals surface area contributed by atoms with Crippen molar-refractivity contribution in [3.63, 3.8) is 0 Å². The number of esters is 1. The van der Waals surface area contributed by atoms with E-state index in [1.807, 2.05) is 0 Å². The van der Waals surface area contributed by atoms with Gasteiger partial charge in [0.25, 0.3) is 5.91 Å². The van der Waals surface area contributed by atoms with Crippen molar-refractivity contribution in [2.75, 3.05) is 27.9 Å². The molecule has 1 heterocycles. The Labute approximate surface area is 134 Å². The van der Waals surface area contributed by atoms with Crippen molar-refractivity contribution in [1.82, 2.24) is 4.90 Å². The zero-order valence-electron chi connectivity index (χ0n) is 13.3. The summed E-state index contributed by atoms with van der Waals surface area (Å²) >= 11 is 0. The first-order chi connectivity index (χ1) is 11.1. The van der Waals surface area contributed by atoms with Gasteiger partial charge in [0.15, 0.2) is 0 Å². The fourth-order valence-electron chi connectivity index (χ4n) is 2.64.